The second kappa shape index (κ2) is 3.84. The molecule has 3 rings (SSSR count). The largest absolute Gasteiger partial charge is 0.333 e. The van der Waals surface area contributed by atoms with E-state index in [1.165, 1.54) is 4.90 Å². The third kappa shape index (κ3) is 1.50. The van der Waals surface area contributed by atoms with Crippen molar-refractivity contribution in [2.75, 3.05) is 11.4 Å². The number of imide groups is 1. The van der Waals surface area contributed by atoms with Gasteiger partial charge in [-0.1, -0.05) is 6.07 Å². The highest BCUT2D eigenvalue weighted by Gasteiger charge is 2.46. The minimum atomic E-state index is -0.266. The van der Waals surface area contributed by atoms with Gasteiger partial charge in [-0.15, -0.1) is 0 Å². The molecule has 0 aromatic carbocycles. The lowest BCUT2D eigenvalue weighted by atomic mass is 10.0. The lowest BCUT2D eigenvalue weighted by molar-refractivity contribution is -0.120. The summed E-state index contributed by atoms with van der Waals surface area (Å²) >= 11 is 0. The quantitative estimate of drug-likeness (QED) is 0.686. The molecule has 5 heteroatoms. The zero-order chi connectivity index (χ0) is 11.8. The van der Waals surface area contributed by atoms with Crippen molar-refractivity contribution in [3.63, 3.8) is 0 Å². The fourth-order valence-electron chi connectivity index (χ4n) is 2.49. The van der Waals surface area contributed by atoms with Gasteiger partial charge in [-0.2, -0.15) is 0 Å². The Morgan fingerprint density at radius 1 is 1.24 bits per heavy atom. The summed E-state index contributed by atoms with van der Waals surface area (Å²) in [5.41, 5.74) is 0. The van der Waals surface area contributed by atoms with Crippen LogP contribution in [0.1, 0.15) is 19.3 Å². The molecule has 1 unspecified atom stereocenters. The Kier molecular flexibility index (Phi) is 2.31. The maximum absolute atomic E-state index is 12.2. The lowest BCUT2D eigenvalue weighted by Gasteiger charge is -2.25. The molecular formula is C12H13N3O2. The van der Waals surface area contributed by atoms with E-state index in [9.17, 15) is 9.59 Å². The maximum Gasteiger partial charge on any atom is 0.333 e. The molecular weight excluding hydrogens is 218 g/mol. The first-order valence-electron chi connectivity index (χ1n) is 5.84. The Hall–Kier alpha value is -1.91. The van der Waals surface area contributed by atoms with Crippen LogP contribution >= 0.6 is 0 Å². The molecule has 0 radical (unpaired) electrons. The zero-order valence-corrected chi connectivity index (χ0v) is 9.37. The van der Waals surface area contributed by atoms with Crippen molar-refractivity contribution in [2.45, 2.75) is 25.3 Å². The van der Waals surface area contributed by atoms with E-state index in [0.717, 1.165) is 19.3 Å². The number of carbonyl (C=O) groups is 2. The summed E-state index contributed by atoms with van der Waals surface area (Å²) in [7, 11) is 0. The number of urea groups is 1. The normalized spacial score (nSPS) is 24.1. The molecule has 3 amide bonds. The average molecular weight is 231 g/mol. The van der Waals surface area contributed by atoms with Gasteiger partial charge in [0.1, 0.15) is 11.9 Å². The minimum absolute atomic E-state index is 0.131. The van der Waals surface area contributed by atoms with Gasteiger partial charge in [-0.05, 0) is 31.4 Å². The Labute approximate surface area is 99.0 Å². The molecule has 1 aromatic rings. The molecule has 0 N–H and O–H groups in total. The second-order valence-electron chi connectivity index (χ2n) is 4.35. The molecule has 3 heterocycles. The fraction of sp³-hybridized carbons (Fsp3) is 0.417. The van der Waals surface area contributed by atoms with Crippen LogP contribution in [0.4, 0.5) is 10.6 Å². The number of hydrogen-bond donors (Lipinski definition) is 0. The average Bonchev–Trinajstić information content (AvgIpc) is 2.64. The smallest absolute Gasteiger partial charge is 0.312 e. The number of nitrogens with zero attached hydrogens (tertiary/aromatic N) is 3. The number of hydrogen-bond acceptors (Lipinski definition) is 3. The maximum atomic E-state index is 12.2. The molecule has 0 spiro atoms. The molecule has 2 fully saturated rings. The van der Waals surface area contributed by atoms with Gasteiger partial charge in [0.05, 0.1) is 0 Å². The molecule has 2 saturated heterocycles. The number of anilines is 1. The molecule has 1 aromatic heterocycles. The summed E-state index contributed by atoms with van der Waals surface area (Å²) in [6, 6.07) is 4.74. The summed E-state index contributed by atoms with van der Waals surface area (Å²) < 4.78 is 0. The van der Waals surface area contributed by atoms with Crippen LogP contribution < -0.4 is 4.90 Å². The fourth-order valence-corrected chi connectivity index (χ4v) is 2.49. The molecule has 0 saturated carbocycles. The highest BCUT2D eigenvalue weighted by molar-refractivity contribution is 6.20. The number of rotatable bonds is 1. The third-order valence-corrected chi connectivity index (χ3v) is 3.32. The molecule has 17 heavy (non-hydrogen) atoms. The van der Waals surface area contributed by atoms with Gasteiger partial charge in [0.15, 0.2) is 0 Å². The predicted molar refractivity (Wildman–Crippen MR) is 61.5 cm³/mol. The summed E-state index contributed by atoms with van der Waals surface area (Å²) in [5.74, 6) is 0.297. The van der Waals surface area contributed by atoms with Crippen LogP contribution in [0.2, 0.25) is 0 Å². The van der Waals surface area contributed by atoms with Crippen LogP contribution in [0.3, 0.4) is 0 Å². The Bertz CT molecular complexity index is 436. The van der Waals surface area contributed by atoms with Gasteiger partial charge in [0, 0.05) is 12.7 Å². The zero-order valence-electron chi connectivity index (χ0n) is 9.37. The van der Waals surface area contributed by atoms with Crippen molar-refractivity contribution in [1.82, 2.24) is 9.88 Å². The van der Waals surface area contributed by atoms with Crippen LogP contribution in [0.5, 0.6) is 0 Å². The second-order valence-corrected chi connectivity index (χ2v) is 4.35. The van der Waals surface area contributed by atoms with Gasteiger partial charge in [-0.3, -0.25) is 4.79 Å². The molecule has 0 bridgehead atoms. The number of aromatic nitrogens is 1. The van der Waals surface area contributed by atoms with E-state index in [4.69, 9.17) is 0 Å². The number of fused-ring (bicyclic) bond motifs is 1. The van der Waals surface area contributed by atoms with Gasteiger partial charge >= 0.3 is 6.03 Å². The first kappa shape index (κ1) is 10.3. The minimum Gasteiger partial charge on any atom is -0.312 e. The van der Waals surface area contributed by atoms with Crippen molar-refractivity contribution in [3.05, 3.63) is 24.4 Å². The van der Waals surface area contributed by atoms with Gasteiger partial charge in [-0.25, -0.2) is 14.7 Å². The van der Waals surface area contributed by atoms with Crippen molar-refractivity contribution in [2.24, 2.45) is 0 Å². The molecule has 88 valence electrons. The van der Waals surface area contributed by atoms with Crippen LogP contribution in [0, 0.1) is 0 Å². The summed E-state index contributed by atoms with van der Waals surface area (Å²) in [4.78, 5) is 31.3. The Morgan fingerprint density at radius 3 is 2.82 bits per heavy atom. The summed E-state index contributed by atoms with van der Waals surface area (Å²) in [6.07, 6.45) is 4.35. The molecule has 1 atom stereocenters. The number of carbonyl (C=O) groups excluding carboxylic acids is 2. The van der Waals surface area contributed by atoms with E-state index in [-0.39, 0.29) is 18.0 Å². The highest BCUT2D eigenvalue weighted by atomic mass is 16.2. The van der Waals surface area contributed by atoms with E-state index >= 15 is 0 Å². The lowest BCUT2D eigenvalue weighted by Crippen LogP contribution is -2.39. The Morgan fingerprint density at radius 2 is 2.12 bits per heavy atom. The Balaban J connectivity index is 1.96. The van der Waals surface area contributed by atoms with Crippen molar-refractivity contribution >= 4 is 17.8 Å². The first-order chi connectivity index (χ1) is 8.29. The van der Waals surface area contributed by atoms with E-state index in [0.29, 0.717) is 12.4 Å². The van der Waals surface area contributed by atoms with Gasteiger partial charge < -0.3 is 4.90 Å². The number of pyridine rings is 1. The van der Waals surface area contributed by atoms with Crippen LogP contribution in [-0.4, -0.2) is 34.4 Å². The summed E-state index contributed by atoms with van der Waals surface area (Å²) in [6.45, 7) is 0.679. The van der Waals surface area contributed by atoms with E-state index in [1.807, 2.05) is 0 Å². The molecule has 0 aliphatic carbocycles. The van der Waals surface area contributed by atoms with E-state index in [2.05, 4.69) is 4.98 Å². The first-order valence-corrected chi connectivity index (χ1v) is 5.84. The topological polar surface area (TPSA) is 53.5 Å². The summed E-state index contributed by atoms with van der Waals surface area (Å²) in [5, 5.41) is 0. The highest BCUT2D eigenvalue weighted by Crippen LogP contribution is 2.29. The molecule has 5 nitrogen and oxygen atoms in total. The molecule has 2 aliphatic heterocycles. The standard InChI is InChI=1S/C12H13N3O2/c16-11-9-5-2-4-8-14(9)12(17)15(11)10-6-1-3-7-13-10/h1,3,6-7,9H,2,4-5,8H2. The van der Waals surface area contributed by atoms with E-state index < -0.39 is 0 Å². The predicted octanol–water partition coefficient (Wildman–Crippen LogP) is 1.40. The van der Waals surface area contributed by atoms with Crippen molar-refractivity contribution < 1.29 is 9.59 Å². The third-order valence-electron chi connectivity index (χ3n) is 3.32. The monoisotopic (exact) mass is 231 g/mol. The van der Waals surface area contributed by atoms with Crippen molar-refractivity contribution in [1.29, 1.82) is 0 Å². The van der Waals surface area contributed by atoms with Crippen LogP contribution in [0.15, 0.2) is 24.4 Å². The molecule has 2 aliphatic rings. The number of amides is 3. The number of piperidine rings is 1. The SMILES string of the molecule is O=C1C2CCCCN2C(=O)N1c1ccccn1. The van der Waals surface area contributed by atoms with E-state index in [1.54, 1.807) is 29.3 Å². The van der Waals surface area contributed by atoms with Crippen LogP contribution in [-0.2, 0) is 4.79 Å². The van der Waals surface area contributed by atoms with Crippen LogP contribution in [0.25, 0.3) is 0 Å². The van der Waals surface area contributed by atoms with Gasteiger partial charge in [0.25, 0.3) is 5.91 Å². The van der Waals surface area contributed by atoms with Gasteiger partial charge in [0.2, 0.25) is 0 Å². The van der Waals surface area contributed by atoms with Crippen molar-refractivity contribution in [3.8, 4) is 0 Å².